The maximum Gasteiger partial charge on any atom is 0.154 e. The van der Waals surface area contributed by atoms with Crippen molar-refractivity contribution in [3.05, 3.63) is 23.9 Å². The summed E-state index contributed by atoms with van der Waals surface area (Å²) in [6.07, 6.45) is 0. The quantitative estimate of drug-likeness (QED) is 0.870. The van der Waals surface area contributed by atoms with Gasteiger partial charge in [0.25, 0.3) is 0 Å². The number of aryl methyl sites for hydroxylation is 1. The maximum atomic E-state index is 11.3. The molecule has 0 saturated carbocycles. The number of hydrogen-bond acceptors (Lipinski definition) is 3. The van der Waals surface area contributed by atoms with Crippen LogP contribution in [0.15, 0.2) is 0 Å². The normalized spacial score (nSPS) is 12.6. The molecule has 1 heterocycles. The third-order valence-corrected chi connectivity index (χ3v) is 2.38. The predicted octanol–water partition coefficient (Wildman–Crippen LogP) is 2.22. The molecule has 1 N–H and O–H groups in total. The Balaban J connectivity index is 0. The number of carbonyl (C=O) groups excluding carboxylic acids is 1. The number of H-pyrrole nitrogens is 1. The third kappa shape index (κ3) is 5.73. The first-order valence-corrected chi connectivity index (χ1v) is 5.29. The van der Waals surface area contributed by atoms with Crippen molar-refractivity contribution >= 4 is 5.91 Å². The first-order valence-electron chi connectivity index (χ1n) is 5.29. The standard InChI is InChI=1S/C9H16N4O.C2H5.Y/c1-5(6(2)9(14)10-4)8-11-7(3)12-13-8;1-2;/h5-6H,1-4H3,(H2,10,11,12,13,14);1H2,2H3;/q;-1;/p-1. The molecule has 0 saturated heterocycles. The molecule has 0 spiro atoms. The Kier molecular flexibility index (Phi) is 10.9. The van der Waals surface area contributed by atoms with Gasteiger partial charge < -0.3 is 17.0 Å². The van der Waals surface area contributed by atoms with Crippen molar-refractivity contribution in [1.82, 2.24) is 15.2 Å². The van der Waals surface area contributed by atoms with Crippen molar-refractivity contribution in [1.29, 1.82) is 0 Å². The molecule has 95 valence electrons. The molecule has 0 aliphatic heterocycles. The van der Waals surface area contributed by atoms with Gasteiger partial charge in [-0.15, -0.1) is 7.05 Å². The van der Waals surface area contributed by atoms with Gasteiger partial charge in [0.05, 0.1) is 5.91 Å². The summed E-state index contributed by atoms with van der Waals surface area (Å²) in [5, 5.41) is 10.4. The van der Waals surface area contributed by atoms with Gasteiger partial charge >= 0.3 is 0 Å². The van der Waals surface area contributed by atoms with Crippen molar-refractivity contribution in [2.24, 2.45) is 5.92 Å². The zero-order chi connectivity index (χ0) is 12.7. The SMILES string of the molecule is C[N-]C(=O)C(C)C(C)c1n[nH]c(C)n1.[CH2-]C.[Y]. The summed E-state index contributed by atoms with van der Waals surface area (Å²) in [5.41, 5.74) is 0. The molecule has 2 unspecified atom stereocenters. The van der Waals surface area contributed by atoms with Crippen LogP contribution >= 0.6 is 0 Å². The van der Waals surface area contributed by atoms with Crippen LogP contribution in [0.1, 0.15) is 38.3 Å². The van der Waals surface area contributed by atoms with Crippen molar-refractivity contribution in [2.45, 2.75) is 33.6 Å². The molecule has 2 atom stereocenters. The minimum absolute atomic E-state index is 0. The zero-order valence-electron chi connectivity index (χ0n) is 11.2. The van der Waals surface area contributed by atoms with Gasteiger partial charge in [0.1, 0.15) is 5.82 Å². The maximum absolute atomic E-state index is 11.3. The molecule has 1 aromatic heterocycles. The third-order valence-electron chi connectivity index (χ3n) is 2.38. The van der Waals surface area contributed by atoms with E-state index in [1.807, 2.05) is 20.8 Å². The van der Waals surface area contributed by atoms with Crippen LogP contribution in [0, 0.1) is 19.8 Å². The van der Waals surface area contributed by atoms with Gasteiger partial charge in [0.15, 0.2) is 5.82 Å². The fraction of sp³-hybridized carbons (Fsp3) is 0.636. The summed E-state index contributed by atoms with van der Waals surface area (Å²) >= 11 is 0. The average molecular weight is 313 g/mol. The van der Waals surface area contributed by atoms with Gasteiger partial charge in [-0.2, -0.15) is 12.0 Å². The minimum atomic E-state index is -0.171. The van der Waals surface area contributed by atoms with E-state index in [0.29, 0.717) is 5.82 Å². The molecule has 1 rings (SSSR count). The first kappa shape index (κ1) is 19.1. The molecule has 0 bridgehead atoms. The van der Waals surface area contributed by atoms with Crippen molar-refractivity contribution in [3.63, 3.8) is 0 Å². The van der Waals surface area contributed by atoms with Gasteiger partial charge in [0.2, 0.25) is 0 Å². The van der Waals surface area contributed by atoms with Gasteiger partial charge in [0, 0.05) is 44.5 Å². The van der Waals surface area contributed by atoms with Crippen LogP contribution in [0.3, 0.4) is 0 Å². The van der Waals surface area contributed by atoms with E-state index >= 15 is 0 Å². The zero-order valence-corrected chi connectivity index (χ0v) is 14.0. The topological polar surface area (TPSA) is 72.7 Å². The number of aromatic nitrogens is 3. The van der Waals surface area contributed by atoms with Crippen molar-refractivity contribution in [3.8, 4) is 0 Å². The molecule has 0 aromatic carbocycles. The molecule has 17 heavy (non-hydrogen) atoms. The van der Waals surface area contributed by atoms with Crippen molar-refractivity contribution < 1.29 is 37.5 Å². The minimum Gasteiger partial charge on any atom is -0.656 e. The van der Waals surface area contributed by atoms with Crippen LogP contribution in [-0.4, -0.2) is 28.1 Å². The summed E-state index contributed by atoms with van der Waals surface area (Å²) in [6.45, 7) is 10.6. The van der Waals surface area contributed by atoms with Crippen LogP contribution in [-0.2, 0) is 37.5 Å². The molecule has 1 radical (unpaired) electrons. The monoisotopic (exact) mass is 313 g/mol. The molecule has 0 aliphatic rings. The Morgan fingerprint density at radius 3 is 2.29 bits per heavy atom. The van der Waals surface area contributed by atoms with Crippen LogP contribution in [0.4, 0.5) is 0 Å². The Labute approximate surface area is 128 Å². The van der Waals surface area contributed by atoms with E-state index in [4.69, 9.17) is 0 Å². The van der Waals surface area contributed by atoms with Crippen LogP contribution in [0.2, 0.25) is 0 Å². The van der Waals surface area contributed by atoms with E-state index in [1.54, 1.807) is 6.92 Å². The average Bonchev–Trinajstić information content (AvgIpc) is 2.75. The van der Waals surface area contributed by atoms with Gasteiger partial charge in [-0.1, -0.05) is 13.8 Å². The Morgan fingerprint density at radius 1 is 1.41 bits per heavy atom. The van der Waals surface area contributed by atoms with Crippen LogP contribution < -0.4 is 0 Å². The van der Waals surface area contributed by atoms with Crippen LogP contribution in [0.5, 0.6) is 0 Å². The number of hydrogen-bond donors (Lipinski definition) is 1. The molecular formula is C11H20N4OY-2. The largest absolute Gasteiger partial charge is 0.656 e. The second-order valence-corrected chi connectivity index (χ2v) is 3.42. The Bertz CT molecular complexity index is 327. The fourth-order valence-electron chi connectivity index (χ4n) is 1.20. The number of rotatable bonds is 3. The fourth-order valence-corrected chi connectivity index (χ4v) is 1.20. The molecule has 5 nitrogen and oxygen atoms in total. The Hall–Kier alpha value is -0.286. The van der Waals surface area contributed by atoms with Crippen LogP contribution in [0.25, 0.3) is 5.32 Å². The molecule has 6 heteroatoms. The van der Waals surface area contributed by atoms with E-state index in [0.717, 1.165) is 5.82 Å². The summed E-state index contributed by atoms with van der Waals surface area (Å²) in [6, 6.07) is 0. The second kappa shape index (κ2) is 9.71. The van der Waals surface area contributed by atoms with E-state index in [1.165, 1.54) is 7.05 Å². The van der Waals surface area contributed by atoms with Gasteiger partial charge in [-0.25, -0.2) is 4.98 Å². The van der Waals surface area contributed by atoms with E-state index in [-0.39, 0.29) is 50.5 Å². The number of nitrogens with zero attached hydrogens (tertiary/aromatic N) is 3. The molecule has 1 aromatic rings. The summed E-state index contributed by atoms with van der Waals surface area (Å²) < 4.78 is 0. The predicted molar refractivity (Wildman–Crippen MR) is 64.0 cm³/mol. The first-order chi connectivity index (χ1) is 7.56. The van der Waals surface area contributed by atoms with E-state index in [9.17, 15) is 4.79 Å². The molecular weight excluding hydrogens is 293 g/mol. The van der Waals surface area contributed by atoms with Gasteiger partial charge in [-0.05, 0) is 6.92 Å². The molecule has 0 aliphatic carbocycles. The van der Waals surface area contributed by atoms with Gasteiger partial charge in [-0.3, -0.25) is 5.10 Å². The summed E-state index contributed by atoms with van der Waals surface area (Å²) in [5.74, 6) is 1.15. The second-order valence-electron chi connectivity index (χ2n) is 3.42. The molecule has 1 amide bonds. The number of amides is 1. The summed E-state index contributed by atoms with van der Waals surface area (Å²) in [4.78, 5) is 15.5. The van der Waals surface area contributed by atoms with Crippen molar-refractivity contribution in [2.75, 3.05) is 7.05 Å². The van der Waals surface area contributed by atoms with E-state index in [2.05, 4.69) is 27.4 Å². The number of nitrogens with one attached hydrogen (secondary N) is 1. The Morgan fingerprint density at radius 2 is 1.94 bits per heavy atom. The number of carbonyl (C=O) groups is 1. The molecule has 0 fully saturated rings. The number of aromatic amines is 1. The van der Waals surface area contributed by atoms with E-state index < -0.39 is 0 Å². The summed E-state index contributed by atoms with van der Waals surface area (Å²) in [7, 11) is 1.51. The smallest absolute Gasteiger partial charge is 0.154 e.